The standard InChI is InChI=1S/C23H15FN2O3S/c24-20-9-5-4-6-15(20)14-19-21(27)25-23(30)26(22(19)28)16-10-12-18(13-11-16)29-17-7-2-1-3-8-17/h1-14H,(H,25,27,30)/b19-14+. The lowest BCUT2D eigenvalue weighted by Crippen LogP contribution is -2.54. The fourth-order valence-electron chi connectivity index (χ4n) is 2.93. The highest BCUT2D eigenvalue weighted by Crippen LogP contribution is 2.27. The first kappa shape index (κ1) is 19.5. The smallest absolute Gasteiger partial charge is 0.270 e. The first-order valence-corrected chi connectivity index (χ1v) is 9.43. The second kappa shape index (κ2) is 8.26. The van der Waals surface area contributed by atoms with Gasteiger partial charge in [0.15, 0.2) is 5.11 Å². The summed E-state index contributed by atoms with van der Waals surface area (Å²) in [5.74, 6) is -0.589. The van der Waals surface area contributed by atoms with Gasteiger partial charge in [0.1, 0.15) is 22.9 Å². The molecule has 0 aliphatic carbocycles. The molecule has 4 rings (SSSR count). The van der Waals surface area contributed by atoms with Gasteiger partial charge in [0.2, 0.25) is 0 Å². The van der Waals surface area contributed by atoms with Gasteiger partial charge in [-0.3, -0.25) is 19.8 Å². The average molecular weight is 418 g/mol. The van der Waals surface area contributed by atoms with Crippen LogP contribution in [0.25, 0.3) is 6.08 Å². The summed E-state index contributed by atoms with van der Waals surface area (Å²) in [6, 6.07) is 21.8. The Bertz CT molecular complexity index is 1160. The molecule has 1 heterocycles. The van der Waals surface area contributed by atoms with Crippen molar-refractivity contribution in [2.45, 2.75) is 0 Å². The summed E-state index contributed by atoms with van der Waals surface area (Å²) in [4.78, 5) is 26.5. The minimum atomic E-state index is -0.673. The van der Waals surface area contributed by atoms with Crippen LogP contribution in [0.3, 0.4) is 0 Å². The Balaban J connectivity index is 1.61. The van der Waals surface area contributed by atoms with Gasteiger partial charge in [-0.05, 0) is 60.8 Å². The van der Waals surface area contributed by atoms with E-state index in [-0.39, 0.29) is 16.2 Å². The van der Waals surface area contributed by atoms with E-state index < -0.39 is 17.6 Å². The van der Waals surface area contributed by atoms with Gasteiger partial charge in [0.05, 0.1) is 5.69 Å². The number of nitrogens with one attached hydrogen (secondary N) is 1. The Kier molecular flexibility index (Phi) is 5.36. The monoisotopic (exact) mass is 418 g/mol. The van der Waals surface area contributed by atoms with Gasteiger partial charge < -0.3 is 4.74 Å². The van der Waals surface area contributed by atoms with Crippen LogP contribution in [0.4, 0.5) is 10.1 Å². The fraction of sp³-hybridized carbons (Fsp3) is 0. The van der Waals surface area contributed by atoms with E-state index in [9.17, 15) is 14.0 Å². The van der Waals surface area contributed by atoms with E-state index in [2.05, 4.69) is 5.32 Å². The van der Waals surface area contributed by atoms with Crippen LogP contribution in [-0.2, 0) is 9.59 Å². The van der Waals surface area contributed by atoms with Gasteiger partial charge in [-0.25, -0.2) is 4.39 Å². The molecule has 0 saturated carbocycles. The van der Waals surface area contributed by atoms with Crippen molar-refractivity contribution in [1.82, 2.24) is 5.32 Å². The molecule has 3 aromatic carbocycles. The second-order valence-electron chi connectivity index (χ2n) is 6.39. The maximum absolute atomic E-state index is 14.0. The molecule has 0 bridgehead atoms. The molecule has 7 heteroatoms. The lowest BCUT2D eigenvalue weighted by atomic mass is 10.1. The maximum Gasteiger partial charge on any atom is 0.270 e. The molecule has 0 atom stereocenters. The predicted molar refractivity (Wildman–Crippen MR) is 116 cm³/mol. The molecule has 0 radical (unpaired) electrons. The third-order valence-corrected chi connectivity index (χ3v) is 4.67. The highest BCUT2D eigenvalue weighted by atomic mass is 32.1. The van der Waals surface area contributed by atoms with E-state index >= 15 is 0 Å². The molecule has 1 aliphatic rings. The number of hydrogen-bond donors (Lipinski definition) is 1. The van der Waals surface area contributed by atoms with E-state index in [1.165, 1.54) is 29.2 Å². The number of para-hydroxylation sites is 1. The van der Waals surface area contributed by atoms with Gasteiger partial charge in [0.25, 0.3) is 11.8 Å². The largest absolute Gasteiger partial charge is 0.457 e. The van der Waals surface area contributed by atoms with Crippen molar-refractivity contribution in [3.05, 3.63) is 95.8 Å². The molecule has 1 fully saturated rings. The van der Waals surface area contributed by atoms with Crippen molar-refractivity contribution in [3.8, 4) is 11.5 Å². The topological polar surface area (TPSA) is 58.6 Å². The number of thiocarbonyl (C=S) groups is 1. The summed E-state index contributed by atoms with van der Waals surface area (Å²) in [6.07, 6.45) is 1.22. The van der Waals surface area contributed by atoms with Crippen molar-refractivity contribution < 1.29 is 18.7 Å². The molecule has 0 unspecified atom stereocenters. The number of benzene rings is 3. The van der Waals surface area contributed by atoms with Crippen LogP contribution in [-0.4, -0.2) is 16.9 Å². The van der Waals surface area contributed by atoms with Gasteiger partial charge >= 0.3 is 0 Å². The summed E-state index contributed by atoms with van der Waals surface area (Å²) < 4.78 is 19.7. The van der Waals surface area contributed by atoms with Crippen molar-refractivity contribution in [1.29, 1.82) is 0 Å². The van der Waals surface area contributed by atoms with Gasteiger partial charge in [-0.2, -0.15) is 0 Å². The average Bonchev–Trinajstić information content (AvgIpc) is 2.74. The number of hydrogen-bond acceptors (Lipinski definition) is 4. The van der Waals surface area contributed by atoms with Crippen molar-refractivity contribution >= 4 is 40.9 Å². The number of amides is 2. The lowest BCUT2D eigenvalue weighted by Gasteiger charge is -2.29. The highest BCUT2D eigenvalue weighted by Gasteiger charge is 2.34. The van der Waals surface area contributed by atoms with Crippen molar-refractivity contribution in [2.24, 2.45) is 0 Å². The van der Waals surface area contributed by atoms with Crippen LogP contribution in [0.2, 0.25) is 0 Å². The zero-order chi connectivity index (χ0) is 21.1. The van der Waals surface area contributed by atoms with Crippen molar-refractivity contribution in [3.63, 3.8) is 0 Å². The number of carbonyl (C=O) groups is 2. The molecule has 0 aromatic heterocycles. The molecule has 5 nitrogen and oxygen atoms in total. The summed E-state index contributed by atoms with van der Waals surface area (Å²) in [6.45, 7) is 0. The number of carbonyl (C=O) groups excluding carboxylic acids is 2. The number of nitrogens with zero attached hydrogens (tertiary/aromatic N) is 1. The highest BCUT2D eigenvalue weighted by molar-refractivity contribution is 7.80. The Morgan fingerprint density at radius 3 is 2.20 bits per heavy atom. The molecule has 148 valence electrons. The van der Waals surface area contributed by atoms with Gasteiger partial charge in [0, 0.05) is 5.56 Å². The Hall–Kier alpha value is -3.84. The minimum Gasteiger partial charge on any atom is -0.457 e. The quantitative estimate of drug-likeness (QED) is 0.386. The van der Waals surface area contributed by atoms with E-state index in [1.54, 1.807) is 30.3 Å². The SMILES string of the molecule is O=C1NC(=S)N(c2ccc(Oc3ccccc3)cc2)C(=O)/C1=C/c1ccccc1F. The summed E-state index contributed by atoms with van der Waals surface area (Å²) >= 11 is 5.19. The van der Waals surface area contributed by atoms with Crippen LogP contribution in [0.5, 0.6) is 11.5 Å². The Morgan fingerprint density at radius 2 is 1.50 bits per heavy atom. The van der Waals surface area contributed by atoms with Crippen LogP contribution >= 0.6 is 12.2 Å². The van der Waals surface area contributed by atoms with Crippen LogP contribution in [0, 0.1) is 5.82 Å². The number of halogens is 1. The first-order valence-electron chi connectivity index (χ1n) is 9.02. The molecule has 2 amide bonds. The second-order valence-corrected chi connectivity index (χ2v) is 6.78. The molecule has 0 spiro atoms. The number of rotatable bonds is 4. The normalized spacial score (nSPS) is 15.3. The van der Waals surface area contributed by atoms with Crippen LogP contribution in [0.15, 0.2) is 84.4 Å². The zero-order valence-electron chi connectivity index (χ0n) is 15.5. The molecular formula is C23H15FN2O3S. The summed E-state index contributed by atoms with van der Waals surface area (Å²) in [7, 11) is 0. The molecule has 3 aromatic rings. The molecule has 1 saturated heterocycles. The summed E-state index contributed by atoms with van der Waals surface area (Å²) in [5.41, 5.74) is 0.374. The Morgan fingerprint density at radius 1 is 0.867 bits per heavy atom. The maximum atomic E-state index is 14.0. The zero-order valence-corrected chi connectivity index (χ0v) is 16.4. The molecule has 1 aliphatic heterocycles. The fourth-order valence-corrected chi connectivity index (χ4v) is 3.21. The molecule has 30 heavy (non-hydrogen) atoms. The predicted octanol–water partition coefficient (Wildman–Crippen LogP) is 4.45. The van der Waals surface area contributed by atoms with E-state index in [1.807, 2.05) is 30.3 Å². The molecular weight excluding hydrogens is 403 g/mol. The third kappa shape index (κ3) is 3.97. The van der Waals surface area contributed by atoms with E-state index in [4.69, 9.17) is 17.0 Å². The Labute approximate surface area is 177 Å². The van der Waals surface area contributed by atoms with Crippen LogP contribution < -0.4 is 15.0 Å². The lowest BCUT2D eigenvalue weighted by molar-refractivity contribution is -0.122. The van der Waals surface area contributed by atoms with Crippen molar-refractivity contribution in [2.75, 3.05) is 4.90 Å². The van der Waals surface area contributed by atoms with Gasteiger partial charge in [-0.1, -0.05) is 36.4 Å². The van der Waals surface area contributed by atoms with Gasteiger partial charge in [-0.15, -0.1) is 0 Å². The van der Waals surface area contributed by atoms with Crippen LogP contribution in [0.1, 0.15) is 5.56 Å². The van der Waals surface area contributed by atoms with E-state index in [0.29, 0.717) is 17.2 Å². The number of anilines is 1. The van der Waals surface area contributed by atoms with E-state index in [0.717, 1.165) is 0 Å². The first-order chi connectivity index (χ1) is 14.5. The number of ether oxygens (including phenoxy) is 1. The minimum absolute atomic E-state index is 0.0487. The molecule has 1 N–H and O–H groups in total. The summed E-state index contributed by atoms with van der Waals surface area (Å²) in [5, 5.41) is 2.43. The third-order valence-electron chi connectivity index (χ3n) is 4.38.